The number of nitriles is 1. The lowest BCUT2D eigenvalue weighted by atomic mass is 9.91. The molecule has 0 amide bonds. The van der Waals surface area contributed by atoms with Gasteiger partial charge in [-0.05, 0) is 19.8 Å². The van der Waals surface area contributed by atoms with Gasteiger partial charge in [-0.2, -0.15) is 5.26 Å². The van der Waals surface area contributed by atoms with Crippen molar-refractivity contribution in [2.45, 2.75) is 50.8 Å². The number of rotatable bonds is 2. The van der Waals surface area contributed by atoms with Crippen molar-refractivity contribution in [3.63, 3.8) is 0 Å². The molecule has 0 spiro atoms. The summed E-state index contributed by atoms with van der Waals surface area (Å²) in [5, 5.41) is 18.9. The van der Waals surface area contributed by atoms with Crippen molar-refractivity contribution in [2.75, 3.05) is 26.2 Å². The summed E-state index contributed by atoms with van der Waals surface area (Å²) < 4.78 is 0. The highest BCUT2D eigenvalue weighted by Crippen LogP contribution is 2.24. The summed E-state index contributed by atoms with van der Waals surface area (Å²) in [6.45, 7) is 5.86. The molecule has 1 aliphatic heterocycles. The van der Waals surface area contributed by atoms with Gasteiger partial charge in [0.2, 0.25) is 0 Å². The maximum absolute atomic E-state index is 10.0. The predicted octanol–water partition coefficient (Wildman–Crippen LogP) is 0.820. The lowest BCUT2D eigenvalue weighted by Crippen LogP contribution is -2.55. The molecule has 2 fully saturated rings. The zero-order valence-corrected chi connectivity index (χ0v) is 10.7. The Hall–Kier alpha value is -0.630. The molecule has 0 radical (unpaired) electrons. The van der Waals surface area contributed by atoms with Crippen LogP contribution in [0.4, 0.5) is 0 Å². The third-order valence-corrected chi connectivity index (χ3v) is 4.25. The van der Waals surface area contributed by atoms with Crippen LogP contribution in [0.25, 0.3) is 0 Å². The monoisotopic (exact) mass is 237 g/mol. The molecule has 2 aliphatic rings. The van der Waals surface area contributed by atoms with Gasteiger partial charge in [-0.1, -0.05) is 12.8 Å². The maximum atomic E-state index is 10.0. The van der Waals surface area contributed by atoms with Crippen molar-refractivity contribution in [3.8, 4) is 6.07 Å². The average molecular weight is 237 g/mol. The fraction of sp³-hybridized carbons (Fsp3) is 0.923. The van der Waals surface area contributed by atoms with Crippen LogP contribution < -0.4 is 0 Å². The van der Waals surface area contributed by atoms with Gasteiger partial charge in [0.15, 0.2) is 0 Å². The van der Waals surface area contributed by atoms with E-state index in [4.69, 9.17) is 5.26 Å². The van der Waals surface area contributed by atoms with Gasteiger partial charge >= 0.3 is 0 Å². The van der Waals surface area contributed by atoms with Crippen LogP contribution in [0.1, 0.15) is 32.6 Å². The highest BCUT2D eigenvalue weighted by molar-refractivity contribution is 4.92. The average Bonchev–Trinajstić information content (AvgIpc) is 2.39. The van der Waals surface area contributed by atoms with Crippen LogP contribution in [-0.2, 0) is 0 Å². The lowest BCUT2D eigenvalue weighted by molar-refractivity contribution is -0.00604. The molecule has 3 unspecified atom stereocenters. The van der Waals surface area contributed by atoms with Gasteiger partial charge in [-0.15, -0.1) is 0 Å². The van der Waals surface area contributed by atoms with E-state index in [0.29, 0.717) is 6.04 Å². The van der Waals surface area contributed by atoms with E-state index in [-0.39, 0.29) is 12.1 Å². The first-order valence-corrected chi connectivity index (χ1v) is 6.78. The van der Waals surface area contributed by atoms with Crippen molar-refractivity contribution >= 4 is 0 Å². The van der Waals surface area contributed by atoms with Gasteiger partial charge in [0, 0.05) is 32.2 Å². The standard InChI is InChI=1S/C13H23N3O/c1-11(10-14)15-6-8-16(9-7-15)12-4-2-3-5-13(12)17/h11-13,17H,2-9H2,1H3. The Morgan fingerprint density at radius 2 is 1.82 bits per heavy atom. The van der Waals surface area contributed by atoms with Gasteiger partial charge < -0.3 is 5.11 Å². The van der Waals surface area contributed by atoms with Crippen LogP contribution in [-0.4, -0.2) is 59.3 Å². The van der Waals surface area contributed by atoms with Crippen LogP contribution >= 0.6 is 0 Å². The van der Waals surface area contributed by atoms with Crippen LogP contribution in [0.3, 0.4) is 0 Å². The third kappa shape index (κ3) is 2.98. The van der Waals surface area contributed by atoms with Gasteiger partial charge in [0.05, 0.1) is 18.2 Å². The van der Waals surface area contributed by atoms with Crippen molar-refractivity contribution in [2.24, 2.45) is 0 Å². The molecule has 1 heterocycles. The number of piperazine rings is 1. The molecule has 0 bridgehead atoms. The first kappa shape index (κ1) is 12.8. The first-order chi connectivity index (χ1) is 8.22. The molecule has 4 heteroatoms. The first-order valence-electron chi connectivity index (χ1n) is 6.78. The summed E-state index contributed by atoms with van der Waals surface area (Å²) in [5.41, 5.74) is 0. The Bertz CT molecular complexity index is 281. The van der Waals surface area contributed by atoms with Gasteiger partial charge in [-0.25, -0.2) is 0 Å². The van der Waals surface area contributed by atoms with Gasteiger partial charge in [-0.3, -0.25) is 9.80 Å². The highest BCUT2D eigenvalue weighted by Gasteiger charge is 2.31. The molecule has 1 saturated heterocycles. The number of aliphatic hydroxyl groups is 1. The van der Waals surface area contributed by atoms with E-state index in [1.807, 2.05) is 6.92 Å². The van der Waals surface area contributed by atoms with E-state index >= 15 is 0 Å². The zero-order valence-electron chi connectivity index (χ0n) is 10.7. The molecule has 1 saturated carbocycles. The van der Waals surface area contributed by atoms with E-state index in [0.717, 1.165) is 39.0 Å². The molecule has 1 N–H and O–H groups in total. The van der Waals surface area contributed by atoms with Gasteiger partial charge in [0.1, 0.15) is 0 Å². The predicted molar refractivity (Wildman–Crippen MR) is 66.5 cm³/mol. The summed E-state index contributed by atoms with van der Waals surface area (Å²) in [4.78, 5) is 4.65. The highest BCUT2D eigenvalue weighted by atomic mass is 16.3. The SMILES string of the molecule is CC(C#N)N1CCN(C2CCCCC2O)CC1. The molecule has 1 aliphatic carbocycles. The maximum Gasteiger partial charge on any atom is 0.0950 e. The van der Waals surface area contributed by atoms with E-state index in [9.17, 15) is 5.11 Å². The minimum atomic E-state index is -0.135. The van der Waals surface area contributed by atoms with Crippen molar-refractivity contribution < 1.29 is 5.11 Å². The van der Waals surface area contributed by atoms with Crippen LogP contribution in [0.5, 0.6) is 0 Å². The second-order valence-electron chi connectivity index (χ2n) is 5.30. The molecular formula is C13H23N3O. The molecule has 4 nitrogen and oxygen atoms in total. The van der Waals surface area contributed by atoms with Crippen LogP contribution in [0, 0.1) is 11.3 Å². The molecule has 3 atom stereocenters. The Kier molecular flexibility index (Phi) is 4.38. The minimum absolute atomic E-state index is 0.0217. The Balaban J connectivity index is 1.84. The van der Waals surface area contributed by atoms with E-state index in [1.54, 1.807) is 0 Å². The number of aliphatic hydroxyl groups excluding tert-OH is 1. The van der Waals surface area contributed by atoms with E-state index in [1.165, 1.54) is 12.8 Å². The third-order valence-electron chi connectivity index (χ3n) is 4.25. The molecule has 0 aromatic rings. The Morgan fingerprint density at radius 1 is 1.18 bits per heavy atom. The number of nitrogens with zero attached hydrogens (tertiary/aromatic N) is 3. The Labute approximate surface area is 104 Å². The normalized spacial score (nSPS) is 34.2. The number of hydrogen-bond donors (Lipinski definition) is 1. The summed E-state index contributed by atoms with van der Waals surface area (Å²) in [7, 11) is 0. The molecule has 0 aromatic heterocycles. The smallest absolute Gasteiger partial charge is 0.0950 e. The fourth-order valence-electron chi connectivity index (χ4n) is 3.06. The second-order valence-corrected chi connectivity index (χ2v) is 5.30. The number of hydrogen-bond acceptors (Lipinski definition) is 4. The molecule has 0 aromatic carbocycles. The van der Waals surface area contributed by atoms with E-state index in [2.05, 4.69) is 15.9 Å². The molecule has 17 heavy (non-hydrogen) atoms. The summed E-state index contributed by atoms with van der Waals surface area (Å²) in [6, 6.07) is 2.68. The summed E-state index contributed by atoms with van der Waals surface area (Å²) in [6.07, 6.45) is 4.37. The van der Waals surface area contributed by atoms with Gasteiger partial charge in [0.25, 0.3) is 0 Å². The van der Waals surface area contributed by atoms with Crippen molar-refractivity contribution in [1.29, 1.82) is 5.26 Å². The molecular weight excluding hydrogens is 214 g/mol. The van der Waals surface area contributed by atoms with Crippen LogP contribution in [0.2, 0.25) is 0 Å². The quantitative estimate of drug-likeness (QED) is 0.772. The fourth-order valence-corrected chi connectivity index (χ4v) is 3.06. The molecule has 96 valence electrons. The topological polar surface area (TPSA) is 50.5 Å². The largest absolute Gasteiger partial charge is 0.391 e. The van der Waals surface area contributed by atoms with E-state index < -0.39 is 0 Å². The Morgan fingerprint density at radius 3 is 2.41 bits per heavy atom. The second kappa shape index (κ2) is 5.81. The van der Waals surface area contributed by atoms with Crippen LogP contribution in [0.15, 0.2) is 0 Å². The van der Waals surface area contributed by atoms with Crippen molar-refractivity contribution in [1.82, 2.24) is 9.80 Å². The lowest BCUT2D eigenvalue weighted by Gasteiger charge is -2.43. The molecule has 2 rings (SSSR count). The van der Waals surface area contributed by atoms with Crippen molar-refractivity contribution in [3.05, 3.63) is 0 Å². The summed E-state index contributed by atoms with van der Waals surface area (Å²) in [5.74, 6) is 0. The minimum Gasteiger partial charge on any atom is -0.391 e. The summed E-state index contributed by atoms with van der Waals surface area (Å²) >= 11 is 0. The zero-order chi connectivity index (χ0) is 12.3.